The number of carbonyl (C=O) groups is 1. The minimum atomic E-state index is -0.331. The van der Waals surface area contributed by atoms with Crippen LogP contribution in [-0.2, 0) is 0 Å². The smallest absolute Gasteiger partial charge is 0.251 e. The standard InChI is InChI=1S/C18H19Cl2N.C9H10FNO/c1-13-5-8-15(9-6-13)21-11-3-2-4-18(21)16-10-7-14(19)12-17(16)20;1-2-11-9(12)7-3-5-8(10)6-4-7/h5-10,12,18H,2-4,11H2,1H3;3-6H,2H2,1H3,(H,11,12). The van der Waals surface area contributed by atoms with Crippen LogP contribution in [0.3, 0.4) is 0 Å². The highest BCUT2D eigenvalue weighted by molar-refractivity contribution is 6.35. The van der Waals surface area contributed by atoms with Crippen LogP contribution in [0.2, 0.25) is 10.0 Å². The molecule has 1 aliphatic rings. The van der Waals surface area contributed by atoms with Gasteiger partial charge < -0.3 is 10.2 Å². The van der Waals surface area contributed by atoms with Gasteiger partial charge in [-0.1, -0.05) is 47.0 Å². The minimum absolute atomic E-state index is 0.169. The number of aryl methyl sites for hydroxylation is 1. The van der Waals surface area contributed by atoms with Gasteiger partial charge in [-0.05, 0) is 87.2 Å². The zero-order chi connectivity index (χ0) is 23.8. The van der Waals surface area contributed by atoms with Crippen LogP contribution in [0.1, 0.15) is 53.7 Å². The van der Waals surface area contributed by atoms with Gasteiger partial charge in [-0.25, -0.2) is 4.39 Å². The molecular weight excluding hydrogens is 458 g/mol. The SMILES string of the molecule is CCNC(=O)c1ccc(F)cc1.Cc1ccc(N2CCCCC2c2ccc(Cl)cc2Cl)cc1. The summed E-state index contributed by atoms with van der Waals surface area (Å²) in [6, 6.07) is 20.4. The Morgan fingerprint density at radius 2 is 1.73 bits per heavy atom. The molecule has 1 aliphatic heterocycles. The Kier molecular flexibility index (Phi) is 9.16. The summed E-state index contributed by atoms with van der Waals surface area (Å²) in [4.78, 5) is 13.6. The fourth-order valence-electron chi connectivity index (χ4n) is 3.94. The summed E-state index contributed by atoms with van der Waals surface area (Å²) in [6.45, 7) is 5.61. The first kappa shape index (κ1) is 25.1. The average molecular weight is 487 g/mol. The van der Waals surface area contributed by atoms with Crippen LogP contribution in [0, 0.1) is 12.7 Å². The van der Waals surface area contributed by atoms with Gasteiger partial charge in [0.2, 0.25) is 0 Å². The van der Waals surface area contributed by atoms with E-state index in [0.717, 1.165) is 18.0 Å². The Bertz CT molecular complexity index is 1050. The Hall–Kier alpha value is -2.56. The lowest BCUT2D eigenvalue weighted by Crippen LogP contribution is -2.33. The summed E-state index contributed by atoms with van der Waals surface area (Å²) in [5, 5.41) is 4.09. The molecule has 1 fully saturated rings. The molecule has 1 atom stereocenters. The highest BCUT2D eigenvalue weighted by Gasteiger charge is 2.25. The molecule has 174 valence electrons. The molecule has 1 unspecified atom stereocenters. The summed E-state index contributed by atoms with van der Waals surface area (Å²) in [6.07, 6.45) is 3.61. The summed E-state index contributed by atoms with van der Waals surface area (Å²) in [7, 11) is 0. The molecule has 0 aliphatic carbocycles. The monoisotopic (exact) mass is 486 g/mol. The van der Waals surface area contributed by atoms with Crippen molar-refractivity contribution < 1.29 is 9.18 Å². The number of rotatable bonds is 4. The molecule has 1 amide bonds. The highest BCUT2D eigenvalue weighted by atomic mass is 35.5. The molecule has 4 rings (SSSR count). The molecule has 0 saturated carbocycles. The van der Waals surface area contributed by atoms with Crippen LogP contribution in [-0.4, -0.2) is 19.0 Å². The number of hydrogen-bond acceptors (Lipinski definition) is 2. The molecule has 33 heavy (non-hydrogen) atoms. The summed E-state index contributed by atoms with van der Waals surface area (Å²) in [5.74, 6) is -0.499. The number of anilines is 1. The third-order valence-corrected chi connectivity index (χ3v) is 6.20. The Labute approximate surface area is 205 Å². The van der Waals surface area contributed by atoms with E-state index in [9.17, 15) is 9.18 Å². The van der Waals surface area contributed by atoms with Gasteiger partial charge in [0.25, 0.3) is 5.91 Å². The first-order chi connectivity index (χ1) is 15.9. The number of benzene rings is 3. The van der Waals surface area contributed by atoms with Crippen LogP contribution in [0.25, 0.3) is 0 Å². The zero-order valence-electron chi connectivity index (χ0n) is 19.0. The molecule has 1 saturated heterocycles. The number of nitrogens with one attached hydrogen (secondary N) is 1. The predicted octanol–water partition coefficient (Wildman–Crippen LogP) is 7.61. The predicted molar refractivity (Wildman–Crippen MR) is 136 cm³/mol. The van der Waals surface area contributed by atoms with Gasteiger partial charge in [0.05, 0.1) is 6.04 Å². The second-order valence-electron chi connectivity index (χ2n) is 8.07. The fraction of sp³-hybridized carbons (Fsp3) is 0.296. The van der Waals surface area contributed by atoms with E-state index in [1.54, 1.807) is 0 Å². The van der Waals surface area contributed by atoms with Gasteiger partial charge in [0.1, 0.15) is 5.82 Å². The molecule has 0 spiro atoms. The Morgan fingerprint density at radius 3 is 2.36 bits per heavy atom. The largest absolute Gasteiger partial charge is 0.364 e. The molecule has 3 aromatic carbocycles. The van der Waals surface area contributed by atoms with Crippen molar-refractivity contribution in [2.75, 3.05) is 18.0 Å². The van der Waals surface area contributed by atoms with Crippen LogP contribution >= 0.6 is 23.2 Å². The lowest BCUT2D eigenvalue weighted by molar-refractivity contribution is 0.0956. The van der Waals surface area contributed by atoms with Crippen LogP contribution in [0.15, 0.2) is 66.7 Å². The van der Waals surface area contributed by atoms with Crippen molar-refractivity contribution in [2.45, 2.75) is 39.2 Å². The van der Waals surface area contributed by atoms with E-state index in [4.69, 9.17) is 23.2 Å². The number of amides is 1. The van der Waals surface area contributed by atoms with E-state index >= 15 is 0 Å². The van der Waals surface area contributed by atoms with Gasteiger partial charge in [0, 0.05) is 34.4 Å². The molecule has 3 aromatic rings. The van der Waals surface area contributed by atoms with E-state index < -0.39 is 0 Å². The molecule has 6 heteroatoms. The second-order valence-corrected chi connectivity index (χ2v) is 8.92. The maximum absolute atomic E-state index is 12.4. The van der Waals surface area contributed by atoms with E-state index in [-0.39, 0.29) is 11.7 Å². The quantitative estimate of drug-likeness (QED) is 0.411. The Balaban J connectivity index is 0.000000218. The van der Waals surface area contributed by atoms with E-state index in [0.29, 0.717) is 23.2 Å². The van der Waals surface area contributed by atoms with Gasteiger partial charge in [-0.2, -0.15) is 0 Å². The second kappa shape index (κ2) is 12.1. The third-order valence-electron chi connectivity index (χ3n) is 5.63. The number of halogens is 3. The van der Waals surface area contributed by atoms with Crippen molar-refractivity contribution in [2.24, 2.45) is 0 Å². The van der Waals surface area contributed by atoms with Crippen molar-refractivity contribution in [3.8, 4) is 0 Å². The van der Waals surface area contributed by atoms with Crippen molar-refractivity contribution in [1.29, 1.82) is 0 Å². The average Bonchev–Trinajstić information content (AvgIpc) is 2.81. The van der Waals surface area contributed by atoms with Crippen LogP contribution in [0.4, 0.5) is 10.1 Å². The van der Waals surface area contributed by atoms with Gasteiger partial charge in [-0.3, -0.25) is 4.79 Å². The van der Waals surface area contributed by atoms with Crippen molar-refractivity contribution in [3.05, 3.63) is 99.3 Å². The first-order valence-electron chi connectivity index (χ1n) is 11.2. The fourth-order valence-corrected chi connectivity index (χ4v) is 4.47. The number of carbonyl (C=O) groups excluding carboxylic acids is 1. The van der Waals surface area contributed by atoms with Gasteiger partial charge in [-0.15, -0.1) is 0 Å². The van der Waals surface area contributed by atoms with E-state index in [1.165, 1.54) is 53.9 Å². The third kappa shape index (κ3) is 6.96. The lowest BCUT2D eigenvalue weighted by Gasteiger charge is -2.38. The maximum atomic E-state index is 12.4. The van der Waals surface area contributed by atoms with Crippen molar-refractivity contribution in [1.82, 2.24) is 5.32 Å². The number of piperidine rings is 1. The molecular formula is C27H29Cl2FN2O. The normalized spacial score (nSPS) is 15.4. The van der Waals surface area contributed by atoms with E-state index in [2.05, 4.69) is 47.5 Å². The molecule has 3 nitrogen and oxygen atoms in total. The Morgan fingerprint density at radius 1 is 1.03 bits per heavy atom. The summed E-state index contributed by atoms with van der Waals surface area (Å²) in [5.41, 5.74) is 4.23. The lowest BCUT2D eigenvalue weighted by atomic mass is 9.94. The summed E-state index contributed by atoms with van der Waals surface area (Å²) < 4.78 is 12.4. The van der Waals surface area contributed by atoms with Gasteiger partial charge in [0.15, 0.2) is 0 Å². The zero-order valence-corrected chi connectivity index (χ0v) is 20.5. The molecule has 0 bridgehead atoms. The number of hydrogen-bond donors (Lipinski definition) is 1. The van der Waals surface area contributed by atoms with Crippen molar-refractivity contribution >= 4 is 34.8 Å². The van der Waals surface area contributed by atoms with Gasteiger partial charge >= 0.3 is 0 Å². The molecule has 1 N–H and O–H groups in total. The maximum Gasteiger partial charge on any atom is 0.251 e. The molecule has 0 aromatic heterocycles. The van der Waals surface area contributed by atoms with Crippen molar-refractivity contribution in [3.63, 3.8) is 0 Å². The van der Waals surface area contributed by atoms with E-state index in [1.807, 2.05) is 19.1 Å². The first-order valence-corrected chi connectivity index (χ1v) is 12.0. The van der Waals surface area contributed by atoms with Crippen LogP contribution in [0.5, 0.6) is 0 Å². The topological polar surface area (TPSA) is 32.3 Å². The molecule has 1 heterocycles. The van der Waals surface area contributed by atoms with Crippen LogP contribution < -0.4 is 10.2 Å². The molecule has 0 radical (unpaired) electrons. The minimum Gasteiger partial charge on any atom is -0.364 e. The highest BCUT2D eigenvalue weighted by Crippen LogP contribution is 2.38. The number of nitrogens with zero attached hydrogens (tertiary/aromatic N) is 1. The summed E-state index contributed by atoms with van der Waals surface area (Å²) >= 11 is 12.5.